The zero-order valence-corrected chi connectivity index (χ0v) is 19.6. The van der Waals surface area contributed by atoms with E-state index < -0.39 is 63.9 Å². The van der Waals surface area contributed by atoms with E-state index in [1.54, 1.807) is 13.8 Å². The van der Waals surface area contributed by atoms with E-state index in [0.717, 1.165) is 0 Å². The second-order valence-electron chi connectivity index (χ2n) is 8.60. The van der Waals surface area contributed by atoms with Gasteiger partial charge in [-0.3, -0.25) is 19.2 Å². The first-order valence-electron chi connectivity index (χ1n) is 10.5. The molecule has 2 fully saturated rings. The number of nitrogens with two attached hydrogens (primary N) is 1. The fourth-order valence-electron chi connectivity index (χ4n) is 3.99. The number of aromatic hydroxyl groups is 1. The number of carbonyl (C=O) groups excluding carboxylic acids is 4. The third-order valence-electron chi connectivity index (χ3n) is 5.77. The van der Waals surface area contributed by atoms with Crippen molar-refractivity contribution in [3.63, 3.8) is 0 Å². The fourth-order valence-corrected chi connectivity index (χ4v) is 5.62. The van der Waals surface area contributed by atoms with Crippen LogP contribution in [0.5, 0.6) is 5.75 Å². The van der Waals surface area contributed by atoms with Crippen molar-refractivity contribution in [2.24, 2.45) is 5.73 Å². The van der Waals surface area contributed by atoms with Gasteiger partial charge in [-0.15, -0.1) is 11.8 Å². The molecule has 1 aromatic carbocycles. The Hall–Kier alpha value is -1.68. The molecule has 3 rings (SSSR count). The Morgan fingerprint density at radius 3 is 2.31 bits per heavy atom. The third-order valence-corrected chi connectivity index (χ3v) is 7.34. The molecule has 0 saturated carbocycles. The standard InChI is InChI=1S/C21H27N5O7S.K.H/c1-21(2)15(20(32)33)26-18(31)14(19(26)34-21)25-17(30)13(9-4-6-10(27)7-5-9)24-16(29)11(22)8-12(28)23-3;;/h4-7,11,13-15,19,27H,8,22H2,1-3H3,(H,23,28)(H,24,29)(H,25,30)(H,32,33);;/t11-,13-,14-,15+,19-;;/m1../s1. The number of carboxylic acids is 1. The molecule has 2 aliphatic rings. The molecule has 35 heavy (non-hydrogen) atoms. The van der Waals surface area contributed by atoms with Gasteiger partial charge in [0, 0.05) is 11.8 Å². The van der Waals surface area contributed by atoms with E-state index in [4.69, 9.17) is 5.73 Å². The Morgan fingerprint density at radius 2 is 1.77 bits per heavy atom. The van der Waals surface area contributed by atoms with Gasteiger partial charge >= 0.3 is 57.4 Å². The fraction of sp³-hybridized carbons (Fsp3) is 0.476. The molecule has 4 amide bonds. The molecule has 1 aromatic rings. The summed E-state index contributed by atoms with van der Waals surface area (Å²) in [5.74, 6) is -3.66. The van der Waals surface area contributed by atoms with Crippen LogP contribution in [0.15, 0.2) is 24.3 Å². The second-order valence-corrected chi connectivity index (χ2v) is 10.4. The number of aliphatic carboxylic acids is 1. The quantitative estimate of drug-likeness (QED) is 0.162. The molecule has 0 unspecified atom stereocenters. The van der Waals surface area contributed by atoms with Crippen LogP contribution in [0.1, 0.15) is 31.9 Å². The van der Waals surface area contributed by atoms with Crippen molar-refractivity contribution in [1.29, 1.82) is 0 Å². The van der Waals surface area contributed by atoms with Crippen molar-refractivity contribution >= 4 is 92.7 Å². The number of carbonyl (C=O) groups is 5. The van der Waals surface area contributed by atoms with Crippen LogP contribution < -0.4 is 21.7 Å². The van der Waals surface area contributed by atoms with Crippen LogP contribution >= 0.6 is 11.8 Å². The number of phenolic OH excluding ortho intramolecular Hbond substituents is 1. The van der Waals surface area contributed by atoms with E-state index >= 15 is 0 Å². The Labute approximate surface area is 248 Å². The number of hydrogen-bond donors (Lipinski definition) is 6. The maximum absolute atomic E-state index is 13.2. The third kappa shape index (κ3) is 6.18. The van der Waals surface area contributed by atoms with E-state index in [1.165, 1.54) is 48.0 Å². The molecule has 0 aromatic heterocycles. The Kier molecular flexibility index (Phi) is 9.78. The molecule has 7 N–H and O–H groups in total. The molecule has 2 heterocycles. The summed E-state index contributed by atoms with van der Waals surface area (Å²) in [5, 5.41) is 26.0. The number of amides is 4. The number of nitrogens with one attached hydrogen (secondary N) is 3. The van der Waals surface area contributed by atoms with Crippen LogP contribution in [-0.2, 0) is 24.0 Å². The molecule has 0 aliphatic carbocycles. The first-order chi connectivity index (χ1) is 15.9. The van der Waals surface area contributed by atoms with Crippen molar-refractivity contribution in [1.82, 2.24) is 20.9 Å². The molecule has 186 valence electrons. The molecule has 12 nitrogen and oxygen atoms in total. The summed E-state index contributed by atoms with van der Waals surface area (Å²) in [6.45, 7) is 3.43. The number of nitrogens with zero attached hydrogens (tertiary/aromatic N) is 1. The van der Waals surface area contributed by atoms with Gasteiger partial charge in [0.15, 0.2) is 0 Å². The molecule has 2 saturated heterocycles. The van der Waals surface area contributed by atoms with E-state index in [9.17, 15) is 34.2 Å². The minimum absolute atomic E-state index is 0. The van der Waals surface area contributed by atoms with E-state index in [2.05, 4.69) is 16.0 Å². The monoisotopic (exact) mass is 533 g/mol. The van der Waals surface area contributed by atoms with E-state index in [0.29, 0.717) is 5.56 Å². The van der Waals surface area contributed by atoms with Crippen LogP contribution in [0.4, 0.5) is 0 Å². The molecular weight excluding hydrogens is 505 g/mol. The van der Waals surface area contributed by atoms with Crippen molar-refractivity contribution in [2.45, 2.75) is 54.6 Å². The molecule has 0 spiro atoms. The zero-order chi connectivity index (χ0) is 25.4. The van der Waals surface area contributed by atoms with Crippen molar-refractivity contribution in [3.8, 4) is 5.75 Å². The topological polar surface area (TPSA) is 191 Å². The Morgan fingerprint density at radius 1 is 1.17 bits per heavy atom. The molecule has 5 atom stereocenters. The van der Waals surface area contributed by atoms with Crippen molar-refractivity contribution < 1.29 is 34.2 Å². The second kappa shape index (κ2) is 11.6. The van der Waals surface area contributed by atoms with Crippen LogP contribution in [0.2, 0.25) is 0 Å². The Bertz CT molecular complexity index is 1020. The molecule has 0 radical (unpaired) electrons. The zero-order valence-electron chi connectivity index (χ0n) is 18.8. The van der Waals surface area contributed by atoms with Gasteiger partial charge in [-0.05, 0) is 31.5 Å². The number of phenols is 1. The predicted molar refractivity (Wildman–Crippen MR) is 128 cm³/mol. The summed E-state index contributed by atoms with van der Waals surface area (Å²) < 4.78 is -0.761. The number of thioether (sulfide) groups is 1. The number of carboxylic acid groups (broad SMARTS) is 1. The first-order valence-corrected chi connectivity index (χ1v) is 11.3. The number of benzene rings is 1. The normalized spacial score (nSPS) is 23.6. The average molecular weight is 534 g/mol. The summed E-state index contributed by atoms with van der Waals surface area (Å²) in [6.07, 6.45) is -0.299. The van der Waals surface area contributed by atoms with Crippen LogP contribution in [0.3, 0.4) is 0 Å². The molecule has 0 bridgehead atoms. The minimum atomic E-state index is -1.28. The SMILES string of the molecule is CNC(=O)C[C@@H](N)C(=O)N[C@@H](C(=O)N[C@@H]1C(=O)N2[C@@H]1SC(C)(C)[C@@H]2C(=O)O)c1ccc(O)cc1.[KH]. The van der Waals surface area contributed by atoms with Gasteiger partial charge in [0.2, 0.25) is 23.6 Å². The van der Waals surface area contributed by atoms with Crippen LogP contribution in [0.25, 0.3) is 0 Å². The molecule has 14 heteroatoms. The number of hydrogen-bond acceptors (Lipinski definition) is 8. The van der Waals surface area contributed by atoms with Gasteiger partial charge in [-0.1, -0.05) is 12.1 Å². The summed E-state index contributed by atoms with van der Waals surface area (Å²) >= 11 is 1.27. The number of fused-ring (bicyclic) bond motifs is 1. The van der Waals surface area contributed by atoms with Gasteiger partial charge < -0.3 is 36.8 Å². The van der Waals surface area contributed by atoms with Crippen LogP contribution in [0, 0.1) is 0 Å². The van der Waals surface area contributed by atoms with Gasteiger partial charge in [0.25, 0.3) is 0 Å². The van der Waals surface area contributed by atoms with E-state index in [-0.39, 0.29) is 63.6 Å². The average Bonchev–Trinajstić information content (AvgIpc) is 3.03. The van der Waals surface area contributed by atoms with Gasteiger partial charge in [0.1, 0.15) is 29.2 Å². The maximum atomic E-state index is 13.2. The molecular formula is C21H28KN5O7S. The summed E-state index contributed by atoms with van der Waals surface area (Å²) in [6, 6.07) is 0.997. The number of β-lactam (4-membered cyclic amide) rings is 1. The molecule has 2 aliphatic heterocycles. The van der Waals surface area contributed by atoms with Gasteiger partial charge in [0.05, 0.1) is 12.5 Å². The summed E-state index contributed by atoms with van der Waals surface area (Å²) in [4.78, 5) is 62.9. The van der Waals surface area contributed by atoms with Crippen molar-refractivity contribution in [2.75, 3.05) is 7.05 Å². The summed E-state index contributed by atoms with van der Waals surface area (Å²) in [5.41, 5.74) is 6.09. The van der Waals surface area contributed by atoms with Gasteiger partial charge in [-0.2, -0.15) is 0 Å². The number of rotatable bonds is 8. The Balaban J connectivity index is 0.00000432. The predicted octanol–water partition coefficient (Wildman–Crippen LogP) is -2.00. The van der Waals surface area contributed by atoms with Crippen molar-refractivity contribution in [3.05, 3.63) is 29.8 Å². The van der Waals surface area contributed by atoms with Crippen LogP contribution in [-0.4, -0.2) is 131 Å². The van der Waals surface area contributed by atoms with E-state index in [1.807, 2.05) is 0 Å². The van der Waals surface area contributed by atoms with Gasteiger partial charge in [-0.25, -0.2) is 4.79 Å². The first kappa shape index (κ1) is 29.5. The summed E-state index contributed by atoms with van der Waals surface area (Å²) in [7, 11) is 1.40.